The van der Waals surface area contributed by atoms with Gasteiger partial charge in [0.2, 0.25) is 10.0 Å². The van der Waals surface area contributed by atoms with Crippen molar-refractivity contribution in [3.05, 3.63) is 60.2 Å². The molecule has 30 heavy (non-hydrogen) atoms. The lowest BCUT2D eigenvalue weighted by molar-refractivity contribution is -0.137. The third kappa shape index (κ3) is 4.27. The second-order valence-electron chi connectivity index (χ2n) is 8.65. The molecule has 2 aromatic rings. The highest BCUT2D eigenvalue weighted by Crippen LogP contribution is 2.55. The van der Waals surface area contributed by atoms with Gasteiger partial charge in [-0.1, -0.05) is 54.6 Å². The zero-order valence-corrected chi connectivity index (χ0v) is 18.0. The lowest BCUT2D eigenvalue weighted by Gasteiger charge is -2.29. The van der Waals surface area contributed by atoms with Crippen LogP contribution in [0.5, 0.6) is 0 Å². The first-order chi connectivity index (χ1) is 14.2. The van der Waals surface area contributed by atoms with E-state index in [1.807, 2.05) is 48.5 Å². The van der Waals surface area contributed by atoms with Crippen LogP contribution < -0.4 is 4.72 Å². The van der Waals surface area contributed by atoms with Gasteiger partial charge in [0.05, 0.1) is 12.3 Å². The van der Waals surface area contributed by atoms with E-state index in [1.54, 1.807) is 4.90 Å². The highest BCUT2D eigenvalue weighted by Gasteiger charge is 2.61. The van der Waals surface area contributed by atoms with Crippen molar-refractivity contribution in [3.8, 4) is 11.1 Å². The van der Waals surface area contributed by atoms with Crippen LogP contribution in [0.25, 0.3) is 11.1 Å². The minimum atomic E-state index is -3.47. The van der Waals surface area contributed by atoms with E-state index in [-0.39, 0.29) is 5.41 Å². The molecule has 1 spiro atoms. The normalized spacial score (nSPS) is 23.5. The molecule has 5 nitrogen and oxygen atoms in total. The molecular weight excluding hydrogens is 403 g/mol. The molecule has 1 saturated heterocycles. The number of benzene rings is 2. The minimum Gasteiger partial charge on any atom is -0.335 e. The monoisotopic (exact) mass is 430 g/mol. The summed E-state index contributed by atoms with van der Waals surface area (Å²) < 4.78 is 40.8. The summed E-state index contributed by atoms with van der Waals surface area (Å²) in [5, 5.41) is 0. The highest BCUT2D eigenvalue weighted by atomic mass is 32.2. The van der Waals surface area contributed by atoms with E-state index in [4.69, 9.17) is 0 Å². The maximum absolute atomic E-state index is 14.0. The minimum absolute atomic E-state index is 0.282. The summed E-state index contributed by atoms with van der Waals surface area (Å²) in [6.45, 7) is 1.64. The van der Waals surface area contributed by atoms with Gasteiger partial charge in [0, 0.05) is 18.0 Å². The summed E-state index contributed by atoms with van der Waals surface area (Å²) in [5.41, 5.74) is 2.84. The number of alkyl halides is 1. The van der Waals surface area contributed by atoms with Crippen LogP contribution in [0.1, 0.15) is 25.3 Å². The summed E-state index contributed by atoms with van der Waals surface area (Å²) in [6.07, 6.45) is 1.67. The largest absolute Gasteiger partial charge is 0.335 e. The van der Waals surface area contributed by atoms with Gasteiger partial charge in [0.25, 0.3) is 5.91 Å². The number of rotatable bonds is 6. The summed E-state index contributed by atoms with van der Waals surface area (Å²) >= 11 is 0. The fourth-order valence-corrected chi connectivity index (χ4v) is 5.52. The van der Waals surface area contributed by atoms with E-state index in [0.29, 0.717) is 13.0 Å². The molecule has 0 aromatic heterocycles. The van der Waals surface area contributed by atoms with Crippen molar-refractivity contribution in [3.63, 3.8) is 0 Å². The molecular formula is C23H27FN2O3S. The number of nitrogens with zero attached hydrogens (tertiary/aromatic N) is 1. The molecule has 1 saturated carbocycles. The second kappa shape index (κ2) is 7.78. The average Bonchev–Trinajstić information content (AvgIpc) is 3.43. The maximum Gasteiger partial charge on any atom is 0.257 e. The molecule has 2 aromatic carbocycles. The van der Waals surface area contributed by atoms with E-state index < -0.39 is 34.2 Å². The van der Waals surface area contributed by atoms with Gasteiger partial charge in [-0.3, -0.25) is 4.79 Å². The number of halogens is 1. The number of amides is 1. The number of hydrogen-bond acceptors (Lipinski definition) is 3. The van der Waals surface area contributed by atoms with E-state index in [9.17, 15) is 17.6 Å². The Morgan fingerprint density at radius 3 is 2.43 bits per heavy atom. The van der Waals surface area contributed by atoms with Gasteiger partial charge in [0.1, 0.15) is 0 Å². The van der Waals surface area contributed by atoms with Gasteiger partial charge >= 0.3 is 0 Å². The Morgan fingerprint density at radius 1 is 1.17 bits per heavy atom. The SMILES string of the molecule is CC(F)C(=O)N1CC2(CC2)C(NS(C)(=O)=O)C1Cc1cccc(-c2ccccc2)c1. The van der Waals surface area contributed by atoms with E-state index in [2.05, 4.69) is 10.8 Å². The molecule has 1 aliphatic carbocycles. The van der Waals surface area contributed by atoms with Crippen molar-refractivity contribution in [1.82, 2.24) is 9.62 Å². The van der Waals surface area contributed by atoms with Gasteiger partial charge < -0.3 is 4.90 Å². The molecule has 1 heterocycles. The third-order valence-corrected chi connectivity index (χ3v) is 6.95. The topological polar surface area (TPSA) is 66.5 Å². The van der Waals surface area contributed by atoms with E-state index in [1.165, 1.54) is 6.92 Å². The van der Waals surface area contributed by atoms with Crippen molar-refractivity contribution in [2.24, 2.45) is 5.41 Å². The first kappa shape index (κ1) is 21.0. The van der Waals surface area contributed by atoms with Crippen LogP contribution in [-0.4, -0.2) is 50.3 Å². The van der Waals surface area contributed by atoms with Crippen LogP contribution in [-0.2, 0) is 21.2 Å². The Balaban J connectivity index is 1.67. The van der Waals surface area contributed by atoms with E-state index >= 15 is 0 Å². The quantitative estimate of drug-likeness (QED) is 0.766. The molecule has 2 fully saturated rings. The van der Waals surface area contributed by atoms with Crippen molar-refractivity contribution in [2.75, 3.05) is 12.8 Å². The Hall–Kier alpha value is -2.25. The zero-order valence-electron chi connectivity index (χ0n) is 17.2. The molecule has 3 atom stereocenters. The molecule has 0 radical (unpaired) electrons. The lowest BCUT2D eigenvalue weighted by atomic mass is 9.91. The van der Waals surface area contributed by atoms with Crippen molar-refractivity contribution < 1.29 is 17.6 Å². The molecule has 7 heteroatoms. The number of carbonyl (C=O) groups is 1. The maximum atomic E-state index is 14.0. The third-order valence-electron chi connectivity index (χ3n) is 6.27. The Labute approximate surface area is 177 Å². The van der Waals surface area contributed by atoms with E-state index in [0.717, 1.165) is 35.8 Å². The fourth-order valence-electron chi connectivity index (χ4n) is 4.65. The predicted octanol–water partition coefficient (Wildman–Crippen LogP) is 3.16. The lowest BCUT2D eigenvalue weighted by Crippen LogP contribution is -2.50. The van der Waals surface area contributed by atoms with Crippen LogP contribution in [0.15, 0.2) is 54.6 Å². The zero-order chi connectivity index (χ0) is 21.5. The standard InChI is InChI=1S/C23H27FN2O3S/c1-16(24)22(27)26-15-23(11-12-23)21(25-30(2,28)29)20(26)14-17-7-6-10-19(13-17)18-8-4-3-5-9-18/h3-10,13,16,20-21,25H,11-12,14-15H2,1-2H3. The Bertz CT molecular complexity index is 1040. The van der Waals surface area contributed by atoms with Crippen LogP contribution in [0, 0.1) is 5.41 Å². The van der Waals surface area contributed by atoms with Crippen molar-refractivity contribution >= 4 is 15.9 Å². The predicted molar refractivity (Wildman–Crippen MR) is 115 cm³/mol. The Morgan fingerprint density at radius 2 is 1.83 bits per heavy atom. The number of carbonyl (C=O) groups excluding carboxylic acids is 1. The number of likely N-dealkylation sites (tertiary alicyclic amines) is 1. The first-order valence-corrected chi connectivity index (χ1v) is 12.1. The molecule has 0 bridgehead atoms. The second-order valence-corrected chi connectivity index (χ2v) is 10.4. The highest BCUT2D eigenvalue weighted by molar-refractivity contribution is 7.88. The van der Waals surface area contributed by atoms with Crippen molar-refractivity contribution in [2.45, 2.75) is 44.4 Å². The molecule has 4 rings (SSSR count). The van der Waals surface area contributed by atoms with Gasteiger partial charge in [-0.15, -0.1) is 0 Å². The van der Waals surface area contributed by atoms with Gasteiger partial charge in [0.15, 0.2) is 6.17 Å². The number of sulfonamides is 1. The van der Waals surface area contributed by atoms with Crippen LogP contribution in [0.3, 0.4) is 0 Å². The van der Waals surface area contributed by atoms with Crippen LogP contribution in [0.4, 0.5) is 4.39 Å². The van der Waals surface area contributed by atoms with Gasteiger partial charge in [-0.25, -0.2) is 17.5 Å². The summed E-state index contributed by atoms with van der Waals surface area (Å²) in [6, 6.07) is 17.2. The Kier molecular flexibility index (Phi) is 5.45. The number of nitrogens with one attached hydrogen (secondary N) is 1. The molecule has 3 unspecified atom stereocenters. The smallest absolute Gasteiger partial charge is 0.257 e. The molecule has 1 aliphatic heterocycles. The van der Waals surface area contributed by atoms with Crippen LogP contribution >= 0.6 is 0 Å². The summed E-state index contributed by atoms with van der Waals surface area (Å²) in [4.78, 5) is 14.2. The molecule has 160 valence electrons. The average molecular weight is 431 g/mol. The molecule has 1 amide bonds. The molecule has 2 aliphatic rings. The van der Waals surface area contributed by atoms with Crippen LogP contribution in [0.2, 0.25) is 0 Å². The van der Waals surface area contributed by atoms with Gasteiger partial charge in [-0.05, 0) is 42.9 Å². The first-order valence-electron chi connectivity index (χ1n) is 10.2. The number of hydrogen-bond donors (Lipinski definition) is 1. The summed E-state index contributed by atoms with van der Waals surface area (Å²) in [5.74, 6) is -0.566. The fraction of sp³-hybridized carbons (Fsp3) is 0.435. The molecule has 1 N–H and O–H groups in total. The van der Waals surface area contributed by atoms with Crippen molar-refractivity contribution in [1.29, 1.82) is 0 Å². The summed E-state index contributed by atoms with van der Waals surface area (Å²) in [7, 11) is -3.47. The van der Waals surface area contributed by atoms with Gasteiger partial charge in [-0.2, -0.15) is 0 Å².